The summed E-state index contributed by atoms with van der Waals surface area (Å²) in [4.78, 5) is 11.7. The number of ether oxygens (including phenoxy) is 1. The van der Waals surface area contributed by atoms with Gasteiger partial charge >= 0.3 is 0 Å². The third-order valence-corrected chi connectivity index (χ3v) is 4.73. The summed E-state index contributed by atoms with van der Waals surface area (Å²) in [6, 6.07) is 2.12. The molecular formula is C17H27N3O. The fourth-order valence-electron chi connectivity index (χ4n) is 3.47. The van der Waals surface area contributed by atoms with Gasteiger partial charge in [0.25, 0.3) is 0 Å². The van der Waals surface area contributed by atoms with Crippen LogP contribution in [0.1, 0.15) is 57.0 Å². The van der Waals surface area contributed by atoms with Crippen molar-refractivity contribution in [2.45, 2.75) is 58.5 Å². The Balaban J connectivity index is 1.66. The zero-order chi connectivity index (χ0) is 14.8. The molecule has 3 rings (SSSR count). The van der Waals surface area contributed by atoms with E-state index in [1.807, 2.05) is 0 Å². The molecule has 21 heavy (non-hydrogen) atoms. The largest absolute Gasteiger partial charge is 0.378 e. The number of hydrogen-bond donors (Lipinski definition) is 0. The second-order valence-electron chi connectivity index (χ2n) is 6.76. The smallest absolute Gasteiger partial charge is 0.133 e. The summed E-state index contributed by atoms with van der Waals surface area (Å²) in [6.45, 7) is 9.53. The molecule has 2 saturated heterocycles. The maximum Gasteiger partial charge on any atom is 0.133 e. The van der Waals surface area contributed by atoms with E-state index in [9.17, 15) is 0 Å². The number of aromatic nitrogens is 2. The van der Waals surface area contributed by atoms with Crippen LogP contribution in [0.15, 0.2) is 6.07 Å². The minimum Gasteiger partial charge on any atom is -0.378 e. The van der Waals surface area contributed by atoms with Crippen LogP contribution in [-0.4, -0.2) is 35.8 Å². The van der Waals surface area contributed by atoms with Crippen molar-refractivity contribution < 1.29 is 4.74 Å². The van der Waals surface area contributed by atoms with Crippen LogP contribution in [-0.2, 0) is 4.74 Å². The molecule has 4 heteroatoms. The molecule has 2 aliphatic rings. The fourth-order valence-corrected chi connectivity index (χ4v) is 3.47. The lowest BCUT2D eigenvalue weighted by Gasteiger charge is -2.35. The normalized spacial score (nSPS) is 24.0. The molecule has 0 saturated carbocycles. The van der Waals surface area contributed by atoms with Gasteiger partial charge in [-0.2, -0.15) is 0 Å². The van der Waals surface area contributed by atoms with Gasteiger partial charge in [0.1, 0.15) is 11.6 Å². The Morgan fingerprint density at radius 1 is 1.19 bits per heavy atom. The molecule has 0 N–H and O–H groups in total. The number of piperidine rings is 1. The maximum absolute atomic E-state index is 5.86. The summed E-state index contributed by atoms with van der Waals surface area (Å²) < 4.78 is 5.86. The summed E-state index contributed by atoms with van der Waals surface area (Å²) in [7, 11) is 0. The maximum atomic E-state index is 5.86. The first-order valence-corrected chi connectivity index (χ1v) is 8.35. The fraction of sp³-hybridized carbons (Fsp3) is 0.765. The van der Waals surface area contributed by atoms with Gasteiger partial charge in [-0.3, -0.25) is 0 Å². The molecule has 0 radical (unpaired) electrons. The Morgan fingerprint density at radius 2 is 1.95 bits per heavy atom. The number of rotatable bonds is 3. The van der Waals surface area contributed by atoms with Gasteiger partial charge in [-0.15, -0.1) is 0 Å². The van der Waals surface area contributed by atoms with Crippen LogP contribution >= 0.6 is 0 Å². The Labute approximate surface area is 127 Å². The highest BCUT2D eigenvalue weighted by Crippen LogP contribution is 2.30. The summed E-state index contributed by atoms with van der Waals surface area (Å²) in [6.07, 6.45) is 5.48. The number of anilines is 1. The minimum absolute atomic E-state index is 0.382. The van der Waals surface area contributed by atoms with E-state index in [1.54, 1.807) is 0 Å². The van der Waals surface area contributed by atoms with E-state index in [4.69, 9.17) is 9.72 Å². The number of hydrogen-bond acceptors (Lipinski definition) is 4. The predicted octanol–water partition coefficient (Wildman–Crippen LogP) is 3.30. The molecule has 0 aromatic carbocycles. The molecular weight excluding hydrogens is 262 g/mol. The quantitative estimate of drug-likeness (QED) is 0.855. The molecule has 1 unspecified atom stereocenters. The van der Waals surface area contributed by atoms with Crippen LogP contribution in [0.3, 0.4) is 0 Å². The van der Waals surface area contributed by atoms with Gasteiger partial charge in [-0.05, 0) is 38.5 Å². The summed E-state index contributed by atoms with van der Waals surface area (Å²) in [5, 5.41) is 0. The molecule has 1 aromatic rings. The lowest BCUT2D eigenvalue weighted by atomic mass is 9.90. The van der Waals surface area contributed by atoms with E-state index in [2.05, 4.69) is 36.7 Å². The first-order valence-electron chi connectivity index (χ1n) is 8.35. The number of aryl methyl sites for hydroxylation is 1. The predicted molar refractivity (Wildman–Crippen MR) is 84.8 cm³/mol. The highest BCUT2D eigenvalue weighted by atomic mass is 16.5. The van der Waals surface area contributed by atoms with E-state index in [-0.39, 0.29) is 0 Å². The van der Waals surface area contributed by atoms with E-state index in [0.717, 1.165) is 43.0 Å². The first kappa shape index (κ1) is 14.8. The van der Waals surface area contributed by atoms with Crippen LogP contribution in [0.5, 0.6) is 0 Å². The van der Waals surface area contributed by atoms with Gasteiger partial charge in [0, 0.05) is 37.4 Å². The van der Waals surface area contributed by atoms with Crippen molar-refractivity contribution in [2.24, 2.45) is 5.92 Å². The molecule has 0 bridgehead atoms. The van der Waals surface area contributed by atoms with Gasteiger partial charge in [-0.25, -0.2) is 9.97 Å². The van der Waals surface area contributed by atoms with E-state index in [1.165, 1.54) is 25.7 Å². The molecule has 0 aliphatic carbocycles. The third-order valence-electron chi connectivity index (χ3n) is 4.73. The standard InChI is InChI=1S/C17H27N3O/c1-12(2)17-18-13(3)11-16(19-17)20-8-6-14(7-9-20)15-5-4-10-21-15/h11-12,14-15H,4-10H2,1-3H3. The van der Waals surface area contributed by atoms with Crippen LogP contribution in [0.25, 0.3) is 0 Å². The minimum atomic E-state index is 0.382. The lowest BCUT2D eigenvalue weighted by Crippen LogP contribution is -2.38. The summed E-state index contributed by atoms with van der Waals surface area (Å²) >= 11 is 0. The highest BCUT2D eigenvalue weighted by Gasteiger charge is 2.30. The van der Waals surface area contributed by atoms with Gasteiger partial charge in [-0.1, -0.05) is 13.8 Å². The van der Waals surface area contributed by atoms with Gasteiger partial charge < -0.3 is 9.64 Å². The molecule has 1 aromatic heterocycles. The van der Waals surface area contributed by atoms with Crippen molar-refractivity contribution >= 4 is 5.82 Å². The van der Waals surface area contributed by atoms with E-state index >= 15 is 0 Å². The van der Waals surface area contributed by atoms with Crippen LogP contribution in [0.4, 0.5) is 5.82 Å². The van der Waals surface area contributed by atoms with E-state index in [0.29, 0.717) is 12.0 Å². The average molecular weight is 289 g/mol. The Morgan fingerprint density at radius 3 is 2.57 bits per heavy atom. The zero-order valence-corrected chi connectivity index (χ0v) is 13.5. The molecule has 3 heterocycles. The van der Waals surface area contributed by atoms with Crippen molar-refractivity contribution in [1.82, 2.24) is 9.97 Å². The molecule has 2 aliphatic heterocycles. The Hall–Kier alpha value is -1.16. The Kier molecular flexibility index (Phi) is 4.43. The first-order chi connectivity index (χ1) is 10.1. The second-order valence-corrected chi connectivity index (χ2v) is 6.76. The SMILES string of the molecule is Cc1cc(N2CCC(C3CCCO3)CC2)nc(C(C)C)n1. The van der Waals surface area contributed by atoms with Crippen molar-refractivity contribution in [3.05, 3.63) is 17.6 Å². The third kappa shape index (κ3) is 3.37. The Bertz CT molecular complexity index is 475. The molecule has 116 valence electrons. The topological polar surface area (TPSA) is 38.2 Å². The number of nitrogens with zero attached hydrogens (tertiary/aromatic N) is 3. The average Bonchev–Trinajstić information content (AvgIpc) is 3.01. The van der Waals surface area contributed by atoms with E-state index < -0.39 is 0 Å². The molecule has 1 atom stereocenters. The zero-order valence-electron chi connectivity index (χ0n) is 13.5. The summed E-state index contributed by atoms with van der Waals surface area (Å²) in [5.41, 5.74) is 1.07. The molecule has 2 fully saturated rings. The second kappa shape index (κ2) is 6.30. The summed E-state index contributed by atoms with van der Waals surface area (Å²) in [5.74, 6) is 3.20. The van der Waals surface area contributed by atoms with Crippen LogP contribution in [0, 0.1) is 12.8 Å². The van der Waals surface area contributed by atoms with Gasteiger partial charge in [0.2, 0.25) is 0 Å². The van der Waals surface area contributed by atoms with Crippen molar-refractivity contribution in [1.29, 1.82) is 0 Å². The molecule has 4 nitrogen and oxygen atoms in total. The van der Waals surface area contributed by atoms with Gasteiger partial charge in [0.15, 0.2) is 0 Å². The van der Waals surface area contributed by atoms with Gasteiger partial charge in [0.05, 0.1) is 6.10 Å². The highest BCUT2D eigenvalue weighted by molar-refractivity contribution is 5.40. The van der Waals surface area contributed by atoms with Crippen LogP contribution in [0.2, 0.25) is 0 Å². The van der Waals surface area contributed by atoms with Crippen LogP contribution < -0.4 is 4.90 Å². The lowest BCUT2D eigenvalue weighted by molar-refractivity contribution is 0.0531. The molecule has 0 amide bonds. The van der Waals surface area contributed by atoms with Crippen molar-refractivity contribution in [3.8, 4) is 0 Å². The monoisotopic (exact) mass is 289 g/mol. The van der Waals surface area contributed by atoms with Crippen molar-refractivity contribution in [3.63, 3.8) is 0 Å². The van der Waals surface area contributed by atoms with Crippen molar-refractivity contribution in [2.75, 3.05) is 24.6 Å². The molecule has 0 spiro atoms.